The van der Waals surface area contributed by atoms with Gasteiger partial charge in [0.2, 0.25) is 5.91 Å². The van der Waals surface area contributed by atoms with E-state index >= 15 is 0 Å². The Bertz CT molecular complexity index is 598. The van der Waals surface area contributed by atoms with Gasteiger partial charge in [0.15, 0.2) is 6.61 Å². The van der Waals surface area contributed by atoms with E-state index in [-0.39, 0.29) is 36.9 Å². The van der Waals surface area contributed by atoms with Gasteiger partial charge in [0.05, 0.1) is 11.6 Å². The summed E-state index contributed by atoms with van der Waals surface area (Å²) < 4.78 is 5.46. The Labute approximate surface area is 147 Å². The van der Waals surface area contributed by atoms with E-state index < -0.39 is 5.54 Å². The summed E-state index contributed by atoms with van der Waals surface area (Å²) in [6.07, 6.45) is 3.63. The van der Waals surface area contributed by atoms with Crippen molar-refractivity contribution < 1.29 is 14.3 Å². The van der Waals surface area contributed by atoms with Gasteiger partial charge in [0.25, 0.3) is 5.91 Å². The van der Waals surface area contributed by atoms with Gasteiger partial charge in [-0.2, -0.15) is 0 Å². The maximum Gasteiger partial charge on any atom is 0.258 e. The number of benzene rings is 1. The van der Waals surface area contributed by atoms with E-state index in [1.165, 1.54) is 0 Å². The van der Waals surface area contributed by atoms with Crippen LogP contribution in [0.2, 0.25) is 0 Å². The van der Waals surface area contributed by atoms with Crippen LogP contribution in [0.1, 0.15) is 44.2 Å². The van der Waals surface area contributed by atoms with Crippen LogP contribution >= 0.6 is 12.4 Å². The van der Waals surface area contributed by atoms with Crippen LogP contribution in [0.4, 0.5) is 0 Å². The summed E-state index contributed by atoms with van der Waals surface area (Å²) in [5.74, 6) is 0.452. The summed E-state index contributed by atoms with van der Waals surface area (Å²) in [4.78, 5) is 23.5. The molecule has 6 nitrogen and oxygen atoms in total. The van der Waals surface area contributed by atoms with Crippen molar-refractivity contribution in [3.05, 3.63) is 29.8 Å². The van der Waals surface area contributed by atoms with Crippen LogP contribution in [-0.2, 0) is 9.59 Å². The molecular weight excluding hydrogens is 330 g/mol. The Morgan fingerprint density at radius 1 is 1.29 bits per heavy atom. The summed E-state index contributed by atoms with van der Waals surface area (Å²) in [7, 11) is 0. The monoisotopic (exact) mass is 353 g/mol. The minimum Gasteiger partial charge on any atom is -0.484 e. The third-order valence-corrected chi connectivity index (χ3v) is 4.28. The number of carbonyl (C=O) groups excluding carboxylic acids is 2. The van der Waals surface area contributed by atoms with E-state index in [1.54, 1.807) is 12.1 Å². The normalized spacial score (nSPS) is 18.8. The Morgan fingerprint density at radius 2 is 1.92 bits per heavy atom. The molecule has 1 aromatic carbocycles. The van der Waals surface area contributed by atoms with Crippen LogP contribution in [0.25, 0.3) is 0 Å². The molecule has 132 valence electrons. The Morgan fingerprint density at radius 3 is 2.46 bits per heavy atom. The smallest absolute Gasteiger partial charge is 0.258 e. The molecule has 24 heavy (non-hydrogen) atoms. The Hall–Kier alpha value is -1.79. The molecule has 0 spiro atoms. The lowest BCUT2D eigenvalue weighted by Gasteiger charge is -2.17. The second-order valence-corrected chi connectivity index (χ2v) is 6.55. The van der Waals surface area contributed by atoms with Gasteiger partial charge in [0, 0.05) is 6.04 Å². The van der Waals surface area contributed by atoms with Crippen molar-refractivity contribution in [2.45, 2.75) is 50.2 Å². The van der Waals surface area contributed by atoms with Gasteiger partial charge in [-0.05, 0) is 50.3 Å². The number of halogens is 1. The lowest BCUT2D eigenvalue weighted by Crippen LogP contribution is -2.43. The summed E-state index contributed by atoms with van der Waals surface area (Å²) in [6, 6.07) is 7.60. The Kier molecular flexibility index (Phi) is 5.72. The van der Waals surface area contributed by atoms with E-state index in [0.29, 0.717) is 11.8 Å². The molecule has 0 heterocycles. The number of carbonyl (C=O) groups is 2. The molecule has 4 N–H and O–H groups in total. The molecular formula is C17H24ClN3O3. The first-order valence-electron chi connectivity index (χ1n) is 8.08. The summed E-state index contributed by atoms with van der Waals surface area (Å²) >= 11 is 0. The fraction of sp³-hybridized carbons (Fsp3) is 0.529. The van der Waals surface area contributed by atoms with Crippen LogP contribution in [0.3, 0.4) is 0 Å². The fourth-order valence-electron chi connectivity index (χ4n) is 2.28. The molecule has 0 radical (unpaired) electrons. The van der Waals surface area contributed by atoms with Gasteiger partial charge < -0.3 is 21.1 Å². The fourth-order valence-corrected chi connectivity index (χ4v) is 2.28. The van der Waals surface area contributed by atoms with Crippen LogP contribution in [-0.4, -0.2) is 30.0 Å². The summed E-state index contributed by atoms with van der Waals surface area (Å²) in [6.45, 7) is 1.94. The van der Waals surface area contributed by atoms with Gasteiger partial charge >= 0.3 is 0 Å². The molecule has 2 amide bonds. The van der Waals surface area contributed by atoms with Gasteiger partial charge in [-0.25, -0.2) is 0 Å². The minimum atomic E-state index is -0.660. The summed E-state index contributed by atoms with van der Waals surface area (Å²) in [5.41, 5.74) is 6.19. The highest BCUT2D eigenvalue weighted by molar-refractivity contribution is 5.89. The highest BCUT2D eigenvalue weighted by Crippen LogP contribution is 2.33. The van der Waals surface area contributed by atoms with Crippen molar-refractivity contribution >= 4 is 24.2 Å². The molecule has 0 bridgehead atoms. The number of amides is 2. The number of hydrogen-bond acceptors (Lipinski definition) is 4. The number of hydrogen-bond donors (Lipinski definition) is 3. The van der Waals surface area contributed by atoms with Crippen molar-refractivity contribution in [2.75, 3.05) is 6.61 Å². The van der Waals surface area contributed by atoms with Crippen molar-refractivity contribution in [2.24, 2.45) is 5.73 Å². The van der Waals surface area contributed by atoms with E-state index in [1.807, 2.05) is 19.1 Å². The average Bonchev–Trinajstić information content (AvgIpc) is 3.44. The zero-order chi connectivity index (χ0) is 16.4. The van der Waals surface area contributed by atoms with Gasteiger partial charge in [0.1, 0.15) is 5.75 Å². The predicted molar refractivity (Wildman–Crippen MR) is 93.1 cm³/mol. The molecule has 1 aromatic rings. The summed E-state index contributed by atoms with van der Waals surface area (Å²) in [5, 5.41) is 5.80. The van der Waals surface area contributed by atoms with Crippen LogP contribution in [0, 0.1) is 0 Å². The average molecular weight is 354 g/mol. The van der Waals surface area contributed by atoms with E-state index in [4.69, 9.17) is 10.5 Å². The van der Waals surface area contributed by atoms with Crippen LogP contribution < -0.4 is 21.1 Å². The molecule has 1 atom stereocenters. The van der Waals surface area contributed by atoms with Crippen LogP contribution in [0.5, 0.6) is 5.75 Å². The quantitative estimate of drug-likeness (QED) is 0.691. The Balaban J connectivity index is 0.00000208. The second kappa shape index (κ2) is 7.40. The maximum atomic E-state index is 11.9. The largest absolute Gasteiger partial charge is 0.484 e. The topological polar surface area (TPSA) is 93.5 Å². The first-order valence-corrected chi connectivity index (χ1v) is 8.08. The second-order valence-electron chi connectivity index (χ2n) is 6.55. The lowest BCUT2D eigenvalue weighted by molar-refractivity contribution is -0.124. The van der Waals surface area contributed by atoms with Gasteiger partial charge in [-0.3, -0.25) is 9.59 Å². The molecule has 2 aliphatic rings. The molecule has 0 aromatic heterocycles. The van der Waals surface area contributed by atoms with Crippen molar-refractivity contribution in [3.63, 3.8) is 0 Å². The predicted octanol–water partition coefficient (Wildman–Crippen LogP) is 1.43. The van der Waals surface area contributed by atoms with Gasteiger partial charge in [-0.15, -0.1) is 12.4 Å². The van der Waals surface area contributed by atoms with Crippen LogP contribution in [0.15, 0.2) is 24.3 Å². The lowest BCUT2D eigenvalue weighted by atomic mass is 10.1. The van der Waals surface area contributed by atoms with Crippen molar-refractivity contribution in [1.82, 2.24) is 10.6 Å². The van der Waals surface area contributed by atoms with Crippen molar-refractivity contribution in [1.29, 1.82) is 0 Å². The molecule has 3 rings (SSSR count). The highest BCUT2D eigenvalue weighted by atomic mass is 35.5. The number of ether oxygens (including phenoxy) is 1. The van der Waals surface area contributed by atoms with Gasteiger partial charge in [-0.1, -0.05) is 12.1 Å². The zero-order valence-electron chi connectivity index (χ0n) is 13.7. The standard InChI is InChI=1S/C17H23N3O3.ClH/c1-11(19-16(22)17(18)8-9-17)12-2-6-14(7-3-12)23-10-15(21)20-13-4-5-13;/h2-3,6-7,11,13H,4-5,8-10,18H2,1H3,(H,19,22)(H,20,21);1H. The third-order valence-electron chi connectivity index (χ3n) is 4.28. The molecule has 0 saturated heterocycles. The first-order chi connectivity index (χ1) is 11.0. The number of rotatable bonds is 7. The molecule has 7 heteroatoms. The van der Waals surface area contributed by atoms with E-state index in [0.717, 1.165) is 31.2 Å². The molecule has 2 saturated carbocycles. The molecule has 2 aliphatic carbocycles. The highest BCUT2D eigenvalue weighted by Gasteiger charge is 2.46. The number of nitrogens with one attached hydrogen (secondary N) is 2. The van der Waals surface area contributed by atoms with E-state index in [2.05, 4.69) is 10.6 Å². The molecule has 1 unspecified atom stereocenters. The first kappa shape index (κ1) is 18.5. The molecule has 0 aliphatic heterocycles. The van der Waals surface area contributed by atoms with E-state index in [9.17, 15) is 9.59 Å². The minimum absolute atomic E-state index is 0. The SMILES string of the molecule is CC(NC(=O)C1(N)CC1)c1ccc(OCC(=O)NC2CC2)cc1.Cl. The molecule has 2 fully saturated rings. The third kappa shape index (κ3) is 4.85. The maximum absolute atomic E-state index is 11.9. The zero-order valence-corrected chi connectivity index (χ0v) is 14.5. The number of nitrogens with two attached hydrogens (primary N) is 1. The van der Waals surface area contributed by atoms with Crippen molar-refractivity contribution in [3.8, 4) is 5.75 Å².